The first-order valence-electron chi connectivity index (χ1n) is 6.94. The predicted molar refractivity (Wildman–Crippen MR) is 85.5 cm³/mol. The van der Waals surface area contributed by atoms with Gasteiger partial charge in [-0.05, 0) is 17.2 Å². The molecular weight excluding hydrogens is 312 g/mol. The molecule has 8 nitrogen and oxygen atoms in total. The molecule has 2 aromatic carbocycles. The van der Waals surface area contributed by atoms with Gasteiger partial charge in [0.15, 0.2) is 5.82 Å². The predicted octanol–water partition coefficient (Wildman–Crippen LogP) is 2.76. The van der Waals surface area contributed by atoms with Gasteiger partial charge >= 0.3 is 5.97 Å². The molecule has 1 aromatic heterocycles. The van der Waals surface area contributed by atoms with E-state index in [1.807, 2.05) is 6.07 Å². The number of carboxylic acid groups (broad SMARTS) is 1. The number of nitro groups is 1. The lowest BCUT2D eigenvalue weighted by molar-refractivity contribution is -0.384. The van der Waals surface area contributed by atoms with Gasteiger partial charge < -0.3 is 9.67 Å². The maximum atomic E-state index is 11.3. The van der Waals surface area contributed by atoms with E-state index in [9.17, 15) is 20.0 Å². The van der Waals surface area contributed by atoms with Gasteiger partial charge in [0.1, 0.15) is 6.33 Å². The second kappa shape index (κ2) is 5.92. The highest BCUT2D eigenvalue weighted by Gasteiger charge is 2.18. The zero-order chi connectivity index (χ0) is 17.3. The Labute approximate surface area is 136 Å². The van der Waals surface area contributed by atoms with Gasteiger partial charge in [-0.15, -0.1) is 10.2 Å². The maximum Gasteiger partial charge on any atom is 0.335 e. The van der Waals surface area contributed by atoms with Crippen molar-refractivity contribution in [3.8, 4) is 22.5 Å². The lowest BCUT2D eigenvalue weighted by Crippen LogP contribution is -2.00. The maximum absolute atomic E-state index is 11.3. The largest absolute Gasteiger partial charge is 0.478 e. The normalized spacial score (nSPS) is 10.5. The first kappa shape index (κ1) is 15.3. The van der Waals surface area contributed by atoms with Crippen LogP contribution in [0.3, 0.4) is 0 Å². The van der Waals surface area contributed by atoms with Crippen LogP contribution in [-0.4, -0.2) is 30.8 Å². The topological polar surface area (TPSA) is 111 Å². The number of non-ortho nitro benzene ring substituents is 1. The highest BCUT2D eigenvalue weighted by Crippen LogP contribution is 2.33. The van der Waals surface area contributed by atoms with Crippen molar-refractivity contribution >= 4 is 11.7 Å². The van der Waals surface area contributed by atoms with E-state index < -0.39 is 10.9 Å². The Balaban J connectivity index is 2.25. The van der Waals surface area contributed by atoms with Crippen molar-refractivity contribution in [2.75, 3.05) is 0 Å². The zero-order valence-electron chi connectivity index (χ0n) is 12.6. The number of nitro benzene ring substituents is 1. The van der Waals surface area contributed by atoms with E-state index in [1.54, 1.807) is 36.1 Å². The molecule has 0 atom stereocenters. The Bertz CT molecular complexity index is 917. The summed E-state index contributed by atoms with van der Waals surface area (Å²) in [7, 11) is 1.78. The van der Waals surface area contributed by atoms with Crippen LogP contribution < -0.4 is 0 Å². The molecule has 0 radical (unpaired) electrons. The summed E-state index contributed by atoms with van der Waals surface area (Å²) in [6, 6.07) is 10.9. The number of aromatic carboxylic acids is 1. The van der Waals surface area contributed by atoms with Crippen LogP contribution in [-0.2, 0) is 7.05 Å². The van der Waals surface area contributed by atoms with Crippen LogP contribution in [0.25, 0.3) is 22.5 Å². The van der Waals surface area contributed by atoms with Gasteiger partial charge in [-0.1, -0.05) is 24.3 Å². The number of rotatable bonds is 4. The average molecular weight is 324 g/mol. The van der Waals surface area contributed by atoms with Gasteiger partial charge in [0.25, 0.3) is 5.69 Å². The molecule has 0 amide bonds. The summed E-state index contributed by atoms with van der Waals surface area (Å²) in [5, 5.41) is 28.2. The number of hydrogen-bond donors (Lipinski definition) is 1. The molecule has 8 heteroatoms. The van der Waals surface area contributed by atoms with Crippen LogP contribution in [0.4, 0.5) is 5.69 Å². The van der Waals surface area contributed by atoms with Crippen molar-refractivity contribution in [1.29, 1.82) is 0 Å². The third kappa shape index (κ3) is 2.72. The summed E-state index contributed by atoms with van der Waals surface area (Å²) in [4.78, 5) is 21.8. The molecule has 0 aliphatic rings. The minimum absolute atomic E-state index is 0.146. The molecule has 0 unspecified atom stereocenters. The van der Waals surface area contributed by atoms with Crippen molar-refractivity contribution in [3.63, 3.8) is 0 Å². The molecule has 0 aliphatic heterocycles. The van der Waals surface area contributed by atoms with Gasteiger partial charge in [-0.3, -0.25) is 10.1 Å². The second-order valence-corrected chi connectivity index (χ2v) is 5.14. The number of hydrogen-bond acceptors (Lipinski definition) is 5. The number of benzene rings is 2. The van der Waals surface area contributed by atoms with Gasteiger partial charge in [-0.2, -0.15) is 0 Å². The molecule has 120 valence electrons. The molecule has 24 heavy (non-hydrogen) atoms. The smallest absolute Gasteiger partial charge is 0.335 e. The van der Waals surface area contributed by atoms with Gasteiger partial charge in [0.05, 0.1) is 10.5 Å². The molecule has 1 N–H and O–H groups in total. The van der Waals surface area contributed by atoms with Crippen LogP contribution in [0.5, 0.6) is 0 Å². The van der Waals surface area contributed by atoms with E-state index in [0.717, 1.165) is 6.07 Å². The third-order valence-corrected chi connectivity index (χ3v) is 3.57. The Morgan fingerprint density at radius 2 is 1.92 bits per heavy atom. The lowest BCUT2D eigenvalue weighted by atomic mass is 9.97. The molecule has 0 aliphatic carbocycles. The van der Waals surface area contributed by atoms with Crippen LogP contribution in [0.1, 0.15) is 10.4 Å². The molecule has 1 heterocycles. The number of nitrogens with zero attached hydrogens (tertiary/aromatic N) is 4. The SMILES string of the molecule is Cn1cnnc1-c1ccccc1-c1cc(C(=O)O)cc([N+](=O)[O-])c1. The van der Waals surface area contributed by atoms with Crippen LogP contribution in [0.15, 0.2) is 48.8 Å². The van der Waals surface area contributed by atoms with Crippen molar-refractivity contribution in [3.05, 3.63) is 64.5 Å². The monoisotopic (exact) mass is 324 g/mol. The van der Waals surface area contributed by atoms with Crippen LogP contribution in [0.2, 0.25) is 0 Å². The number of carboxylic acids is 1. The lowest BCUT2D eigenvalue weighted by Gasteiger charge is -2.10. The number of aryl methyl sites for hydroxylation is 1. The summed E-state index contributed by atoms with van der Waals surface area (Å²) < 4.78 is 1.72. The van der Waals surface area contributed by atoms with E-state index in [0.29, 0.717) is 22.5 Å². The average Bonchev–Trinajstić information content (AvgIpc) is 3.00. The fraction of sp³-hybridized carbons (Fsp3) is 0.0625. The van der Waals surface area contributed by atoms with Gasteiger partial charge in [0.2, 0.25) is 0 Å². The number of aromatic nitrogens is 3. The van der Waals surface area contributed by atoms with Crippen molar-refractivity contribution in [1.82, 2.24) is 14.8 Å². The molecule has 0 spiro atoms. The minimum atomic E-state index is -1.23. The van der Waals surface area contributed by atoms with Gasteiger partial charge in [-0.25, -0.2) is 4.79 Å². The Morgan fingerprint density at radius 3 is 2.50 bits per heavy atom. The molecule has 0 fully saturated rings. The third-order valence-electron chi connectivity index (χ3n) is 3.57. The minimum Gasteiger partial charge on any atom is -0.478 e. The fourth-order valence-corrected chi connectivity index (χ4v) is 2.45. The first-order chi connectivity index (χ1) is 11.5. The van der Waals surface area contributed by atoms with Crippen molar-refractivity contribution in [2.45, 2.75) is 0 Å². The van der Waals surface area contributed by atoms with Gasteiger partial charge in [0, 0.05) is 24.7 Å². The van der Waals surface area contributed by atoms with E-state index in [4.69, 9.17) is 0 Å². The highest BCUT2D eigenvalue weighted by molar-refractivity contribution is 5.92. The Morgan fingerprint density at radius 1 is 1.21 bits per heavy atom. The summed E-state index contributed by atoms with van der Waals surface area (Å²) in [5.41, 5.74) is 1.35. The Hall–Kier alpha value is -3.55. The summed E-state index contributed by atoms with van der Waals surface area (Å²) >= 11 is 0. The Kier molecular flexibility index (Phi) is 3.78. The van der Waals surface area contributed by atoms with E-state index >= 15 is 0 Å². The quantitative estimate of drug-likeness (QED) is 0.583. The molecule has 0 bridgehead atoms. The summed E-state index contributed by atoms with van der Waals surface area (Å²) in [5.74, 6) is -0.648. The number of carbonyl (C=O) groups is 1. The van der Waals surface area contributed by atoms with Crippen molar-refractivity contribution in [2.24, 2.45) is 7.05 Å². The van der Waals surface area contributed by atoms with Crippen LogP contribution >= 0.6 is 0 Å². The van der Waals surface area contributed by atoms with E-state index in [2.05, 4.69) is 10.2 Å². The molecular formula is C16H12N4O4. The molecule has 0 saturated carbocycles. The first-order valence-corrected chi connectivity index (χ1v) is 6.94. The summed E-state index contributed by atoms with van der Waals surface area (Å²) in [6.07, 6.45) is 1.54. The fourth-order valence-electron chi connectivity index (χ4n) is 2.45. The zero-order valence-corrected chi connectivity index (χ0v) is 12.6. The highest BCUT2D eigenvalue weighted by atomic mass is 16.6. The standard InChI is InChI=1S/C16H12N4O4/c1-19-9-17-18-15(19)14-5-3-2-4-13(14)10-6-11(16(21)22)8-12(7-10)20(23)24/h2-9H,1H3,(H,21,22). The molecule has 3 rings (SSSR count). The van der Waals surface area contributed by atoms with E-state index in [-0.39, 0.29) is 11.3 Å². The second-order valence-electron chi connectivity index (χ2n) is 5.14. The molecule has 0 saturated heterocycles. The van der Waals surface area contributed by atoms with Crippen LogP contribution in [0, 0.1) is 10.1 Å². The van der Waals surface area contributed by atoms with Crippen molar-refractivity contribution < 1.29 is 14.8 Å². The summed E-state index contributed by atoms with van der Waals surface area (Å²) in [6.45, 7) is 0. The molecule has 3 aromatic rings. The van der Waals surface area contributed by atoms with E-state index in [1.165, 1.54) is 12.1 Å².